The van der Waals surface area contributed by atoms with Gasteiger partial charge in [-0.2, -0.15) is 0 Å². The van der Waals surface area contributed by atoms with E-state index in [0.717, 1.165) is 50.4 Å². The van der Waals surface area contributed by atoms with Gasteiger partial charge in [0.2, 0.25) is 5.91 Å². The van der Waals surface area contributed by atoms with Crippen LogP contribution in [0.15, 0.2) is 48.8 Å². The number of rotatable bonds is 5. The molecule has 1 aliphatic heterocycles. The van der Waals surface area contributed by atoms with Crippen LogP contribution in [0.5, 0.6) is 0 Å². The van der Waals surface area contributed by atoms with Crippen molar-refractivity contribution in [1.29, 1.82) is 0 Å². The van der Waals surface area contributed by atoms with Crippen molar-refractivity contribution in [3.8, 4) is 0 Å². The molecule has 150 valence electrons. The number of aryl methyl sites for hydroxylation is 3. The van der Waals surface area contributed by atoms with Crippen molar-refractivity contribution in [2.24, 2.45) is 0 Å². The van der Waals surface area contributed by atoms with E-state index in [9.17, 15) is 4.79 Å². The lowest BCUT2D eigenvalue weighted by Crippen LogP contribution is -2.49. The highest BCUT2D eigenvalue weighted by molar-refractivity contribution is 5.82. The molecule has 1 aliphatic rings. The fraction of sp³-hybridized carbons (Fsp3) is 0.375. The first-order valence-corrected chi connectivity index (χ1v) is 10.4. The second-order valence-electron chi connectivity index (χ2n) is 7.86. The monoisotopic (exact) mass is 388 g/mol. The number of nitrogens with zero attached hydrogens (tertiary/aromatic N) is 4. The summed E-state index contributed by atoms with van der Waals surface area (Å²) in [6, 6.07) is 12.5. The summed E-state index contributed by atoms with van der Waals surface area (Å²) in [4.78, 5) is 26.0. The highest BCUT2D eigenvalue weighted by Gasteiger charge is 2.22. The van der Waals surface area contributed by atoms with E-state index in [2.05, 4.69) is 46.9 Å². The number of fused-ring (bicyclic) bond motifs is 1. The Morgan fingerprint density at radius 3 is 2.66 bits per heavy atom. The number of anilines is 1. The average molecular weight is 389 g/mol. The molecule has 1 amide bonds. The van der Waals surface area contributed by atoms with Gasteiger partial charge in [-0.1, -0.05) is 24.3 Å². The number of carbonyl (C=O) groups excluding carboxylic acids is 1. The van der Waals surface area contributed by atoms with Crippen molar-refractivity contribution in [1.82, 2.24) is 14.9 Å². The van der Waals surface area contributed by atoms with Crippen LogP contribution in [0.25, 0.3) is 10.9 Å². The number of carbonyl (C=O) groups is 1. The molecule has 1 saturated heterocycles. The predicted octanol–water partition coefficient (Wildman–Crippen LogP) is 3.92. The molecule has 4 rings (SSSR count). The SMILES string of the molecule is Cc1cnc(N2CCN(C(=O)CCCc3cccc4ncccc34)CC2)c(C)c1. The van der Waals surface area contributed by atoms with Gasteiger partial charge in [-0.25, -0.2) is 4.98 Å². The molecular weight excluding hydrogens is 360 g/mol. The van der Waals surface area contributed by atoms with Crippen LogP contribution < -0.4 is 4.90 Å². The Balaban J connectivity index is 1.29. The van der Waals surface area contributed by atoms with E-state index in [-0.39, 0.29) is 5.91 Å². The lowest BCUT2D eigenvalue weighted by molar-refractivity contribution is -0.131. The molecule has 1 aromatic carbocycles. The van der Waals surface area contributed by atoms with Gasteiger partial charge in [-0.15, -0.1) is 0 Å². The van der Waals surface area contributed by atoms with Crippen molar-refractivity contribution < 1.29 is 4.79 Å². The maximum Gasteiger partial charge on any atom is 0.222 e. The Morgan fingerprint density at radius 1 is 1.03 bits per heavy atom. The molecule has 0 spiro atoms. The van der Waals surface area contributed by atoms with Gasteiger partial charge in [0, 0.05) is 50.4 Å². The molecule has 3 aromatic rings. The third-order valence-electron chi connectivity index (χ3n) is 5.69. The van der Waals surface area contributed by atoms with Crippen LogP contribution in [0.4, 0.5) is 5.82 Å². The molecule has 0 bridgehead atoms. The third-order valence-corrected chi connectivity index (χ3v) is 5.69. The Morgan fingerprint density at radius 2 is 1.86 bits per heavy atom. The van der Waals surface area contributed by atoms with Crippen LogP contribution in [0.3, 0.4) is 0 Å². The number of aromatic nitrogens is 2. The number of amides is 1. The van der Waals surface area contributed by atoms with E-state index in [1.807, 2.05) is 35.5 Å². The van der Waals surface area contributed by atoms with Crippen LogP contribution in [0.2, 0.25) is 0 Å². The van der Waals surface area contributed by atoms with Crippen LogP contribution in [0.1, 0.15) is 29.5 Å². The molecule has 3 heterocycles. The summed E-state index contributed by atoms with van der Waals surface area (Å²) in [5.74, 6) is 1.31. The van der Waals surface area contributed by atoms with E-state index in [4.69, 9.17) is 0 Å². The lowest BCUT2D eigenvalue weighted by Gasteiger charge is -2.36. The first-order valence-electron chi connectivity index (χ1n) is 10.4. The molecule has 5 heteroatoms. The zero-order valence-corrected chi connectivity index (χ0v) is 17.3. The molecule has 0 saturated carbocycles. The fourth-order valence-electron chi connectivity index (χ4n) is 4.18. The molecule has 29 heavy (non-hydrogen) atoms. The second kappa shape index (κ2) is 8.60. The molecule has 0 N–H and O–H groups in total. The first kappa shape index (κ1) is 19.4. The summed E-state index contributed by atoms with van der Waals surface area (Å²) in [7, 11) is 0. The fourth-order valence-corrected chi connectivity index (χ4v) is 4.18. The number of piperazine rings is 1. The van der Waals surface area contributed by atoms with Crippen molar-refractivity contribution in [2.45, 2.75) is 33.1 Å². The maximum absolute atomic E-state index is 12.7. The maximum atomic E-state index is 12.7. The zero-order valence-electron chi connectivity index (χ0n) is 17.3. The minimum atomic E-state index is 0.261. The van der Waals surface area contributed by atoms with Gasteiger partial charge in [0.15, 0.2) is 0 Å². The third kappa shape index (κ3) is 4.39. The summed E-state index contributed by atoms with van der Waals surface area (Å²) >= 11 is 0. The van der Waals surface area contributed by atoms with Crippen LogP contribution in [-0.2, 0) is 11.2 Å². The Hall–Kier alpha value is -2.95. The lowest BCUT2D eigenvalue weighted by atomic mass is 10.0. The summed E-state index contributed by atoms with van der Waals surface area (Å²) in [6.07, 6.45) is 6.11. The van der Waals surface area contributed by atoms with E-state index in [0.29, 0.717) is 6.42 Å². The van der Waals surface area contributed by atoms with Gasteiger partial charge in [0.25, 0.3) is 0 Å². The van der Waals surface area contributed by atoms with Gasteiger partial charge < -0.3 is 9.80 Å². The van der Waals surface area contributed by atoms with Crippen molar-refractivity contribution in [3.05, 3.63) is 65.5 Å². The van der Waals surface area contributed by atoms with Gasteiger partial charge >= 0.3 is 0 Å². The Kier molecular flexibility index (Phi) is 5.74. The molecule has 2 aromatic heterocycles. The molecular formula is C24H28N4O. The molecule has 5 nitrogen and oxygen atoms in total. The van der Waals surface area contributed by atoms with Gasteiger partial charge in [0.1, 0.15) is 5.82 Å². The molecule has 0 unspecified atom stereocenters. The van der Waals surface area contributed by atoms with Crippen LogP contribution >= 0.6 is 0 Å². The van der Waals surface area contributed by atoms with Gasteiger partial charge in [-0.3, -0.25) is 9.78 Å². The number of benzene rings is 1. The van der Waals surface area contributed by atoms with Gasteiger partial charge in [-0.05, 0) is 55.5 Å². The Labute approximate surface area is 172 Å². The summed E-state index contributed by atoms with van der Waals surface area (Å²) in [6.45, 7) is 7.40. The van der Waals surface area contributed by atoms with Crippen molar-refractivity contribution in [2.75, 3.05) is 31.1 Å². The summed E-state index contributed by atoms with van der Waals surface area (Å²) in [5.41, 5.74) is 4.68. The van der Waals surface area contributed by atoms with Crippen LogP contribution in [0, 0.1) is 13.8 Å². The largest absolute Gasteiger partial charge is 0.353 e. The number of hydrogen-bond donors (Lipinski definition) is 0. The van der Waals surface area contributed by atoms with Crippen LogP contribution in [-0.4, -0.2) is 47.0 Å². The zero-order chi connectivity index (χ0) is 20.2. The Bertz CT molecular complexity index is 1000. The molecule has 0 radical (unpaired) electrons. The summed E-state index contributed by atoms with van der Waals surface area (Å²) < 4.78 is 0. The smallest absolute Gasteiger partial charge is 0.222 e. The predicted molar refractivity (Wildman–Crippen MR) is 117 cm³/mol. The van der Waals surface area contributed by atoms with E-state index < -0.39 is 0 Å². The quantitative estimate of drug-likeness (QED) is 0.665. The highest BCUT2D eigenvalue weighted by atomic mass is 16.2. The standard InChI is InChI=1S/C24H28N4O/c1-18-16-19(2)24(26-17-18)28-14-12-27(13-15-28)23(29)10-4-7-20-6-3-9-22-21(20)8-5-11-25-22/h3,5-6,8-9,11,16-17H,4,7,10,12-15H2,1-2H3. The van der Waals surface area contributed by atoms with E-state index >= 15 is 0 Å². The second-order valence-corrected chi connectivity index (χ2v) is 7.86. The number of hydrogen-bond acceptors (Lipinski definition) is 4. The average Bonchev–Trinajstić information content (AvgIpc) is 2.74. The van der Waals surface area contributed by atoms with E-state index in [1.165, 1.54) is 22.1 Å². The summed E-state index contributed by atoms with van der Waals surface area (Å²) in [5, 5.41) is 1.19. The van der Waals surface area contributed by atoms with E-state index in [1.54, 1.807) is 0 Å². The normalized spacial score (nSPS) is 14.4. The minimum Gasteiger partial charge on any atom is -0.353 e. The minimum absolute atomic E-state index is 0.261. The van der Waals surface area contributed by atoms with Crippen molar-refractivity contribution in [3.63, 3.8) is 0 Å². The van der Waals surface area contributed by atoms with Crippen molar-refractivity contribution >= 4 is 22.6 Å². The molecule has 0 atom stereocenters. The first-order chi connectivity index (χ1) is 14.1. The topological polar surface area (TPSA) is 49.3 Å². The van der Waals surface area contributed by atoms with Gasteiger partial charge in [0.05, 0.1) is 5.52 Å². The molecule has 0 aliphatic carbocycles. The number of pyridine rings is 2. The molecule has 1 fully saturated rings. The highest BCUT2D eigenvalue weighted by Crippen LogP contribution is 2.21.